The number of rotatable bonds is 11. The van der Waals surface area contributed by atoms with Crippen LogP contribution in [0.3, 0.4) is 0 Å². The number of hydrogen-bond donors (Lipinski definition) is 2. The van der Waals surface area contributed by atoms with Crippen molar-refractivity contribution >= 4 is 0 Å². The van der Waals surface area contributed by atoms with Gasteiger partial charge in [-0.1, -0.05) is 55.8 Å². The Bertz CT molecular complexity index is 995. The number of ether oxygens (including phenoxy) is 2. The zero-order valence-corrected chi connectivity index (χ0v) is 19.2. The summed E-state index contributed by atoms with van der Waals surface area (Å²) in [6, 6.07) is 20.3. The van der Waals surface area contributed by atoms with Gasteiger partial charge in [0.2, 0.25) is 5.88 Å². The van der Waals surface area contributed by atoms with Gasteiger partial charge in [0.25, 0.3) is 0 Å². The van der Waals surface area contributed by atoms with Gasteiger partial charge in [0, 0.05) is 43.2 Å². The van der Waals surface area contributed by atoms with Crippen LogP contribution in [-0.4, -0.2) is 41.6 Å². The Balaban J connectivity index is 1.47. The van der Waals surface area contributed by atoms with Gasteiger partial charge < -0.3 is 19.9 Å². The molecule has 0 spiro atoms. The number of aryl methyl sites for hydroxylation is 1. The van der Waals surface area contributed by atoms with Crippen LogP contribution in [0.5, 0.6) is 11.6 Å². The number of benzene rings is 2. The van der Waals surface area contributed by atoms with Crippen molar-refractivity contribution in [1.29, 1.82) is 0 Å². The minimum absolute atomic E-state index is 0.173. The fraction of sp³-hybridized carbons (Fsp3) is 0.407. The number of aliphatic hydroxyl groups excluding tert-OH is 1. The third kappa shape index (κ3) is 6.30. The maximum atomic E-state index is 9.54. The Labute approximate surface area is 196 Å². The topological polar surface area (TPSA) is 76.5 Å². The van der Waals surface area contributed by atoms with E-state index in [1.54, 1.807) is 0 Å². The lowest BCUT2D eigenvalue weighted by molar-refractivity contribution is 0.159. The Morgan fingerprint density at radius 3 is 2.52 bits per heavy atom. The molecule has 6 heteroatoms. The molecule has 2 heterocycles. The molecule has 1 fully saturated rings. The van der Waals surface area contributed by atoms with Gasteiger partial charge in [-0.05, 0) is 36.1 Å². The number of aliphatic hydroxyl groups is 1. The molecular weight excluding hydrogens is 414 g/mol. The van der Waals surface area contributed by atoms with Crippen LogP contribution >= 0.6 is 0 Å². The Hall–Kier alpha value is -2.96. The van der Waals surface area contributed by atoms with Crippen molar-refractivity contribution in [1.82, 2.24) is 15.5 Å². The van der Waals surface area contributed by atoms with Crippen LogP contribution in [0, 0.1) is 11.8 Å². The molecule has 0 bridgehead atoms. The number of hydrogen-bond acceptors (Lipinski definition) is 6. The van der Waals surface area contributed by atoms with Crippen LogP contribution in [0.1, 0.15) is 31.0 Å². The Kier molecular flexibility index (Phi) is 8.28. The normalized spacial score (nSPS) is 17.8. The Morgan fingerprint density at radius 1 is 0.970 bits per heavy atom. The summed E-state index contributed by atoms with van der Waals surface area (Å²) in [7, 11) is 0. The fourth-order valence-electron chi connectivity index (χ4n) is 4.11. The van der Waals surface area contributed by atoms with Gasteiger partial charge in [0.15, 0.2) is 0 Å². The highest BCUT2D eigenvalue weighted by atomic mass is 16.5. The Morgan fingerprint density at radius 2 is 1.76 bits per heavy atom. The van der Waals surface area contributed by atoms with Crippen LogP contribution in [0.4, 0.5) is 0 Å². The van der Waals surface area contributed by atoms with Crippen LogP contribution in [-0.2, 0) is 13.0 Å². The molecule has 2 atom stereocenters. The molecule has 4 rings (SSSR count). The minimum atomic E-state index is 0.173. The van der Waals surface area contributed by atoms with Crippen molar-refractivity contribution in [2.75, 3.05) is 26.3 Å². The van der Waals surface area contributed by atoms with E-state index in [0.29, 0.717) is 19.1 Å². The van der Waals surface area contributed by atoms with Crippen LogP contribution in [0.2, 0.25) is 0 Å². The first-order valence-corrected chi connectivity index (χ1v) is 11.8. The van der Waals surface area contributed by atoms with Gasteiger partial charge in [-0.25, -0.2) is 0 Å². The molecule has 0 saturated carbocycles. The molecule has 3 aromatic rings. The number of unbranched alkanes of at least 4 members (excludes halogenated alkanes) is 1. The predicted octanol–water partition coefficient (Wildman–Crippen LogP) is 4.27. The van der Waals surface area contributed by atoms with Crippen molar-refractivity contribution < 1.29 is 14.6 Å². The van der Waals surface area contributed by atoms with Crippen molar-refractivity contribution in [3.05, 3.63) is 71.9 Å². The van der Waals surface area contributed by atoms with E-state index in [2.05, 4.69) is 46.7 Å². The highest BCUT2D eigenvalue weighted by molar-refractivity contribution is 5.67. The number of nitrogens with zero attached hydrogens (tertiary/aromatic N) is 2. The summed E-state index contributed by atoms with van der Waals surface area (Å²) in [5, 5.41) is 21.7. The van der Waals surface area contributed by atoms with Gasteiger partial charge in [-0.2, -0.15) is 5.10 Å². The highest BCUT2D eigenvalue weighted by Crippen LogP contribution is 2.29. The summed E-state index contributed by atoms with van der Waals surface area (Å²) < 4.78 is 11.9. The second-order valence-corrected chi connectivity index (χ2v) is 8.62. The number of nitrogens with one attached hydrogen (secondary N) is 1. The molecular formula is C27H33N3O3. The molecule has 1 aliphatic heterocycles. The molecule has 2 N–H and O–H groups in total. The molecule has 0 amide bonds. The zero-order chi connectivity index (χ0) is 22.9. The lowest BCUT2D eigenvalue weighted by Crippen LogP contribution is -2.23. The van der Waals surface area contributed by atoms with E-state index in [1.165, 1.54) is 0 Å². The monoisotopic (exact) mass is 447 g/mol. The standard InChI is InChI=1S/C27H33N3O3/c1-2-3-9-26-25(14-27(30-29-26)33-19-23-16-28-15-22(23)17-31)21-10-12-24(13-11-21)32-18-20-7-5-4-6-8-20/h4-8,10-14,22-23,28,31H,2-3,9,15-19H2,1H3/t22-,23-/m1/s1. The van der Waals surface area contributed by atoms with E-state index in [9.17, 15) is 5.11 Å². The summed E-state index contributed by atoms with van der Waals surface area (Å²) in [6.07, 6.45) is 3.04. The maximum Gasteiger partial charge on any atom is 0.234 e. The van der Waals surface area contributed by atoms with Crippen LogP contribution in [0.15, 0.2) is 60.7 Å². The average Bonchev–Trinajstić information content (AvgIpc) is 3.34. The molecule has 1 aromatic heterocycles. The molecule has 0 unspecified atom stereocenters. The van der Waals surface area contributed by atoms with Gasteiger partial charge in [-0.3, -0.25) is 0 Å². The van der Waals surface area contributed by atoms with E-state index in [0.717, 1.165) is 60.5 Å². The van der Waals surface area contributed by atoms with E-state index in [-0.39, 0.29) is 18.4 Å². The lowest BCUT2D eigenvalue weighted by Gasteiger charge is -2.17. The summed E-state index contributed by atoms with van der Waals surface area (Å²) in [5.41, 5.74) is 4.25. The van der Waals surface area contributed by atoms with E-state index < -0.39 is 0 Å². The number of aromatic nitrogens is 2. The van der Waals surface area contributed by atoms with Crippen molar-refractivity contribution in [2.45, 2.75) is 32.8 Å². The largest absolute Gasteiger partial charge is 0.489 e. The third-order valence-electron chi connectivity index (χ3n) is 6.19. The first kappa shape index (κ1) is 23.2. The van der Waals surface area contributed by atoms with E-state index in [1.807, 2.05) is 36.4 Å². The lowest BCUT2D eigenvalue weighted by atomic mass is 9.98. The van der Waals surface area contributed by atoms with Crippen LogP contribution in [0.25, 0.3) is 11.1 Å². The van der Waals surface area contributed by atoms with Gasteiger partial charge in [0.1, 0.15) is 12.4 Å². The predicted molar refractivity (Wildman–Crippen MR) is 129 cm³/mol. The molecule has 1 aliphatic rings. The fourth-order valence-corrected chi connectivity index (χ4v) is 4.11. The van der Waals surface area contributed by atoms with Crippen molar-refractivity contribution in [3.8, 4) is 22.8 Å². The SMILES string of the molecule is CCCCc1nnc(OC[C@H]2CNC[C@@H]2CO)cc1-c1ccc(OCc2ccccc2)cc1. The average molecular weight is 448 g/mol. The highest BCUT2D eigenvalue weighted by Gasteiger charge is 2.27. The first-order valence-electron chi connectivity index (χ1n) is 11.8. The summed E-state index contributed by atoms with van der Waals surface area (Å²) in [6.45, 7) is 5.10. The van der Waals surface area contributed by atoms with E-state index >= 15 is 0 Å². The maximum absolute atomic E-state index is 9.54. The quantitative estimate of drug-likeness (QED) is 0.457. The molecule has 33 heavy (non-hydrogen) atoms. The molecule has 2 aromatic carbocycles. The van der Waals surface area contributed by atoms with Crippen molar-refractivity contribution in [3.63, 3.8) is 0 Å². The molecule has 1 saturated heterocycles. The molecule has 0 radical (unpaired) electrons. The second kappa shape index (κ2) is 11.8. The van der Waals surface area contributed by atoms with Gasteiger partial charge in [-0.15, -0.1) is 5.10 Å². The summed E-state index contributed by atoms with van der Waals surface area (Å²) in [5.74, 6) is 1.86. The second-order valence-electron chi connectivity index (χ2n) is 8.62. The van der Waals surface area contributed by atoms with E-state index in [4.69, 9.17) is 9.47 Å². The van der Waals surface area contributed by atoms with Gasteiger partial charge >= 0.3 is 0 Å². The smallest absolute Gasteiger partial charge is 0.234 e. The third-order valence-corrected chi connectivity index (χ3v) is 6.19. The van der Waals surface area contributed by atoms with Crippen LogP contribution < -0.4 is 14.8 Å². The minimum Gasteiger partial charge on any atom is -0.489 e. The summed E-state index contributed by atoms with van der Waals surface area (Å²) >= 11 is 0. The zero-order valence-electron chi connectivity index (χ0n) is 19.2. The molecule has 174 valence electrons. The molecule has 6 nitrogen and oxygen atoms in total. The first-order chi connectivity index (χ1) is 16.3. The summed E-state index contributed by atoms with van der Waals surface area (Å²) in [4.78, 5) is 0. The van der Waals surface area contributed by atoms with Crippen molar-refractivity contribution in [2.24, 2.45) is 11.8 Å². The van der Waals surface area contributed by atoms with Gasteiger partial charge in [0.05, 0.1) is 12.3 Å². The molecule has 0 aliphatic carbocycles.